The third-order valence-electron chi connectivity index (χ3n) is 3.87. The van der Waals surface area contributed by atoms with E-state index in [4.69, 9.17) is 0 Å². The summed E-state index contributed by atoms with van der Waals surface area (Å²) in [5, 5.41) is 19.2. The van der Waals surface area contributed by atoms with Gasteiger partial charge in [-0.1, -0.05) is 12.2 Å². The quantitative estimate of drug-likeness (QED) is 0.402. The van der Waals surface area contributed by atoms with E-state index in [2.05, 4.69) is 15.2 Å². The molecule has 3 aromatic heterocycles. The molecular formula is C19H14N6O2. The molecule has 0 spiro atoms. The molecule has 0 amide bonds. The van der Waals surface area contributed by atoms with Gasteiger partial charge in [-0.25, -0.2) is 14.3 Å². The van der Waals surface area contributed by atoms with Crippen LogP contribution >= 0.6 is 0 Å². The van der Waals surface area contributed by atoms with E-state index in [0.717, 1.165) is 11.1 Å². The second-order valence-corrected chi connectivity index (χ2v) is 5.70. The summed E-state index contributed by atoms with van der Waals surface area (Å²) in [7, 11) is 0. The fourth-order valence-electron chi connectivity index (χ4n) is 2.56. The van der Waals surface area contributed by atoms with E-state index >= 15 is 0 Å². The zero-order valence-corrected chi connectivity index (χ0v) is 14.1. The number of pyridine rings is 1. The summed E-state index contributed by atoms with van der Waals surface area (Å²) in [6, 6.07) is 13.8. The Morgan fingerprint density at radius 1 is 0.852 bits per heavy atom. The predicted octanol–water partition coefficient (Wildman–Crippen LogP) is 3.53. The van der Waals surface area contributed by atoms with Crippen molar-refractivity contribution in [2.24, 2.45) is 0 Å². The van der Waals surface area contributed by atoms with E-state index in [1.165, 1.54) is 12.1 Å². The Morgan fingerprint density at radius 3 is 1.89 bits per heavy atom. The van der Waals surface area contributed by atoms with Crippen molar-refractivity contribution in [3.8, 4) is 11.6 Å². The first-order valence-electron chi connectivity index (χ1n) is 8.14. The Bertz CT molecular complexity index is 1030. The van der Waals surface area contributed by atoms with Crippen LogP contribution in [-0.2, 0) is 0 Å². The molecule has 0 aliphatic rings. The number of benzene rings is 1. The molecule has 8 heteroatoms. The topological polar surface area (TPSA) is 91.7 Å². The fraction of sp³-hybridized carbons (Fsp3) is 0. The van der Waals surface area contributed by atoms with E-state index in [0.29, 0.717) is 11.6 Å². The number of non-ortho nitro benzene ring substituents is 1. The van der Waals surface area contributed by atoms with E-state index in [1.54, 1.807) is 33.9 Å². The summed E-state index contributed by atoms with van der Waals surface area (Å²) in [6.45, 7) is 0. The number of rotatable bonds is 5. The SMILES string of the molecule is O=[N+]([O-])c1ccc(/C=C\c2cc(-n3cccn3)nc(-n3cccn3)c2)cc1. The number of nitro benzene ring substituents is 1. The lowest BCUT2D eigenvalue weighted by molar-refractivity contribution is -0.384. The molecule has 0 saturated heterocycles. The Morgan fingerprint density at radius 2 is 1.41 bits per heavy atom. The summed E-state index contributed by atoms with van der Waals surface area (Å²) in [4.78, 5) is 14.9. The van der Waals surface area contributed by atoms with Crippen molar-refractivity contribution in [1.29, 1.82) is 0 Å². The average molecular weight is 358 g/mol. The number of nitrogens with zero attached hydrogens (tertiary/aromatic N) is 6. The van der Waals surface area contributed by atoms with Crippen molar-refractivity contribution in [2.75, 3.05) is 0 Å². The van der Waals surface area contributed by atoms with Gasteiger partial charge in [0.15, 0.2) is 11.6 Å². The standard InChI is InChI=1S/C19H14N6O2/c26-25(27)17-7-5-15(6-8-17)3-4-16-13-18(23-11-1-9-20-23)22-19(14-16)24-12-2-10-21-24/h1-14H/b4-3-. The lowest BCUT2D eigenvalue weighted by Gasteiger charge is -2.07. The largest absolute Gasteiger partial charge is 0.269 e. The van der Waals surface area contributed by atoms with Crippen molar-refractivity contribution in [3.05, 3.63) is 94.6 Å². The highest BCUT2D eigenvalue weighted by molar-refractivity contribution is 5.71. The van der Waals surface area contributed by atoms with Gasteiger partial charge in [0.1, 0.15) is 0 Å². The second-order valence-electron chi connectivity index (χ2n) is 5.70. The molecule has 132 valence electrons. The third kappa shape index (κ3) is 3.64. The Kier molecular flexibility index (Phi) is 4.28. The van der Waals surface area contributed by atoms with Gasteiger partial charge in [-0.3, -0.25) is 10.1 Å². The second kappa shape index (κ2) is 7.04. The molecule has 0 bridgehead atoms. The first kappa shape index (κ1) is 16.4. The smallest absolute Gasteiger partial charge is 0.258 e. The van der Waals surface area contributed by atoms with Gasteiger partial charge in [0.05, 0.1) is 4.92 Å². The van der Waals surface area contributed by atoms with Crippen molar-refractivity contribution in [2.45, 2.75) is 0 Å². The van der Waals surface area contributed by atoms with Crippen molar-refractivity contribution in [1.82, 2.24) is 24.5 Å². The maximum absolute atomic E-state index is 10.8. The molecule has 8 nitrogen and oxygen atoms in total. The van der Waals surface area contributed by atoms with Gasteiger partial charge in [-0.05, 0) is 47.5 Å². The van der Waals surface area contributed by atoms with Crippen LogP contribution in [0, 0.1) is 10.1 Å². The van der Waals surface area contributed by atoms with Crippen LogP contribution in [-0.4, -0.2) is 29.5 Å². The molecule has 0 fully saturated rings. The van der Waals surface area contributed by atoms with Crippen LogP contribution in [0.4, 0.5) is 5.69 Å². The predicted molar refractivity (Wildman–Crippen MR) is 101 cm³/mol. The van der Waals surface area contributed by atoms with Gasteiger partial charge in [-0.15, -0.1) is 0 Å². The summed E-state index contributed by atoms with van der Waals surface area (Å²) in [6.07, 6.45) is 10.8. The van der Waals surface area contributed by atoms with Crippen molar-refractivity contribution >= 4 is 17.8 Å². The van der Waals surface area contributed by atoms with E-state index in [-0.39, 0.29) is 5.69 Å². The summed E-state index contributed by atoms with van der Waals surface area (Å²) < 4.78 is 3.35. The van der Waals surface area contributed by atoms with Crippen LogP contribution in [0.25, 0.3) is 23.8 Å². The molecule has 4 rings (SSSR count). The summed E-state index contributed by atoms with van der Waals surface area (Å²) in [5.41, 5.74) is 1.83. The molecule has 0 atom stereocenters. The zero-order valence-electron chi connectivity index (χ0n) is 14.1. The van der Waals surface area contributed by atoms with Crippen LogP contribution in [0.15, 0.2) is 73.3 Å². The maximum atomic E-state index is 10.8. The van der Waals surface area contributed by atoms with Crippen LogP contribution < -0.4 is 0 Å². The van der Waals surface area contributed by atoms with Gasteiger partial charge in [-0.2, -0.15) is 10.2 Å². The Labute approximate surface area is 154 Å². The normalized spacial score (nSPS) is 11.1. The Hall–Kier alpha value is -4.07. The molecule has 0 aliphatic heterocycles. The minimum atomic E-state index is -0.414. The molecule has 27 heavy (non-hydrogen) atoms. The molecular weight excluding hydrogens is 344 g/mol. The van der Waals surface area contributed by atoms with Gasteiger partial charge < -0.3 is 0 Å². The summed E-state index contributed by atoms with van der Waals surface area (Å²) in [5.74, 6) is 1.33. The molecule has 3 heterocycles. The highest BCUT2D eigenvalue weighted by atomic mass is 16.6. The summed E-state index contributed by atoms with van der Waals surface area (Å²) >= 11 is 0. The number of nitro groups is 1. The van der Waals surface area contributed by atoms with E-state index in [1.807, 2.05) is 48.8 Å². The molecule has 0 radical (unpaired) electrons. The van der Waals surface area contributed by atoms with Gasteiger partial charge in [0.25, 0.3) is 5.69 Å². The van der Waals surface area contributed by atoms with Crippen molar-refractivity contribution < 1.29 is 4.92 Å². The lowest BCUT2D eigenvalue weighted by atomic mass is 10.1. The van der Waals surface area contributed by atoms with E-state index in [9.17, 15) is 10.1 Å². The fourth-order valence-corrected chi connectivity index (χ4v) is 2.56. The highest BCUT2D eigenvalue weighted by Gasteiger charge is 2.06. The molecule has 1 aromatic carbocycles. The minimum absolute atomic E-state index is 0.0676. The number of aromatic nitrogens is 5. The number of hydrogen-bond donors (Lipinski definition) is 0. The molecule has 0 aliphatic carbocycles. The molecule has 4 aromatic rings. The van der Waals surface area contributed by atoms with Crippen LogP contribution in [0.1, 0.15) is 11.1 Å². The molecule has 0 saturated carbocycles. The zero-order chi connectivity index (χ0) is 18.6. The number of hydrogen-bond acceptors (Lipinski definition) is 5. The van der Waals surface area contributed by atoms with Crippen molar-refractivity contribution in [3.63, 3.8) is 0 Å². The monoisotopic (exact) mass is 358 g/mol. The molecule has 0 unspecified atom stereocenters. The van der Waals surface area contributed by atoms with Gasteiger partial charge >= 0.3 is 0 Å². The van der Waals surface area contributed by atoms with Crippen LogP contribution in [0.2, 0.25) is 0 Å². The van der Waals surface area contributed by atoms with Gasteiger partial charge in [0.2, 0.25) is 0 Å². The van der Waals surface area contributed by atoms with E-state index < -0.39 is 4.92 Å². The maximum Gasteiger partial charge on any atom is 0.269 e. The highest BCUT2D eigenvalue weighted by Crippen LogP contribution is 2.17. The first-order valence-corrected chi connectivity index (χ1v) is 8.14. The first-order chi connectivity index (χ1) is 13.2. The van der Waals surface area contributed by atoms with Gasteiger partial charge in [0, 0.05) is 36.9 Å². The van der Waals surface area contributed by atoms with Crippen LogP contribution in [0.5, 0.6) is 0 Å². The average Bonchev–Trinajstić information content (AvgIpc) is 3.40. The molecule has 0 N–H and O–H groups in total. The third-order valence-corrected chi connectivity index (χ3v) is 3.87. The minimum Gasteiger partial charge on any atom is -0.258 e. The lowest BCUT2D eigenvalue weighted by Crippen LogP contribution is -2.04. The Balaban J connectivity index is 1.70. The van der Waals surface area contributed by atoms with Crippen LogP contribution in [0.3, 0.4) is 0 Å².